The van der Waals surface area contributed by atoms with Gasteiger partial charge in [0.05, 0.1) is 12.5 Å². The van der Waals surface area contributed by atoms with Crippen LogP contribution >= 0.6 is 35.0 Å². The minimum atomic E-state index is -0.374. The summed E-state index contributed by atoms with van der Waals surface area (Å²) in [5, 5.41) is 5.77. The summed E-state index contributed by atoms with van der Waals surface area (Å²) in [6, 6.07) is 5.70. The van der Waals surface area contributed by atoms with Crippen molar-refractivity contribution in [3.05, 3.63) is 28.8 Å². The van der Waals surface area contributed by atoms with Crippen molar-refractivity contribution in [3.8, 4) is 5.75 Å². The van der Waals surface area contributed by atoms with Crippen molar-refractivity contribution in [2.75, 3.05) is 12.5 Å². The molecule has 3 nitrogen and oxygen atoms in total. The highest BCUT2D eigenvalue weighted by molar-refractivity contribution is 8.13. The van der Waals surface area contributed by atoms with Gasteiger partial charge in [0.25, 0.3) is 0 Å². The second-order valence-electron chi connectivity index (χ2n) is 4.81. The highest BCUT2D eigenvalue weighted by Crippen LogP contribution is 2.32. The molecule has 1 aliphatic rings. The third kappa shape index (κ3) is 3.96. The first-order valence-electron chi connectivity index (χ1n) is 6.41. The van der Waals surface area contributed by atoms with Gasteiger partial charge in [0.1, 0.15) is 10.8 Å². The second-order valence-corrected chi connectivity index (χ2v) is 6.53. The van der Waals surface area contributed by atoms with Crippen molar-refractivity contribution in [1.29, 1.82) is 0 Å². The molecule has 0 amide bonds. The lowest BCUT2D eigenvalue weighted by molar-refractivity contribution is 0.0152. The Kier molecular flexibility index (Phi) is 5.47. The van der Waals surface area contributed by atoms with Crippen LogP contribution in [-0.2, 0) is 10.6 Å². The molecule has 2 rings (SSSR count). The van der Waals surface area contributed by atoms with Crippen molar-refractivity contribution in [1.82, 2.24) is 0 Å². The number of benzene rings is 1. The topological polar surface area (TPSA) is 30.8 Å². The van der Waals surface area contributed by atoms with Gasteiger partial charge in [-0.25, -0.2) is 0 Å². The van der Waals surface area contributed by atoms with Gasteiger partial charge < -0.3 is 9.57 Å². The number of alkyl halides is 1. The molecule has 1 aromatic rings. The van der Waals surface area contributed by atoms with E-state index in [0.29, 0.717) is 12.5 Å². The Labute approximate surface area is 133 Å². The molecular formula is C14H17Cl2NO2S. The Bertz CT molecular complexity index is 510. The number of nitrogens with zero attached hydrogens (tertiary/aromatic N) is 1. The molecule has 0 radical (unpaired) electrons. The average molecular weight is 334 g/mol. The lowest BCUT2D eigenvalue weighted by atomic mass is 10.1. The number of hydrogen-bond acceptors (Lipinski definition) is 4. The van der Waals surface area contributed by atoms with Crippen molar-refractivity contribution < 1.29 is 9.57 Å². The molecule has 1 aliphatic heterocycles. The summed E-state index contributed by atoms with van der Waals surface area (Å²) in [7, 11) is 0. The number of thioether (sulfide) groups is 1. The predicted octanol–water partition coefficient (Wildman–Crippen LogP) is 4.70. The molecular weight excluding hydrogens is 317 g/mol. The van der Waals surface area contributed by atoms with E-state index in [4.69, 9.17) is 32.8 Å². The fourth-order valence-electron chi connectivity index (χ4n) is 1.77. The molecule has 20 heavy (non-hydrogen) atoms. The summed E-state index contributed by atoms with van der Waals surface area (Å²) >= 11 is 13.7. The SMILES string of the molecule is CCOc1ccc(Cl)c(CSC2=NOC(C)(CCl)C2)c1. The van der Waals surface area contributed by atoms with Crippen LogP contribution in [0.15, 0.2) is 23.4 Å². The molecule has 1 heterocycles. The van der Waals surface area contributed by atoms with Crippen LogP contribution in [0, 0.1) is 0 Å². The van der Waals surface area contributed by atoms with Crippen LogP contribution in [0.2, 0.25) is 5.02 Å². The molecule has 0 N–H and O–H groups in total. The zero-order chi connectivity index (χ0) is 14.6. The number of halogens is 2. The fourth-order valence-corrected chi connectivity index (χ4v) is 3.24. The fraction of sp³-hybridized carbons (Fsp3) is 0.500. The molecule has 0 saturated carbocycles. The number of hydrogen-bond donors (Lipinski definition) is 0. The van der Waals surface area contributed by atoms with Gasteiger partial charge in [-0.1, -0.05) is 16.8 Å². The third-order valence-electron chi connectivity index (χ3n) is 2.90. The highest BCUT2D eigenvalue weighted by Gasteiger charge is 2.33. The quantitative estimate of drug-likeness (QED) is 0.731. The molecule has 1 aromatic carbocycles. The zero-order valence-electron chi connectivity index (χ0n) is 11.5. The Morgan fingerprint density at radius 1 is 1.50 bits per heavy atom. The first-order valence-corrected chi connectivity index (χ1v) is 8.31. The van der Waals surface area contributed by atoms with E-state index in [-0.39, 0.29) is 5.60 Å². The Hall–Kier alpha value is -0.580. The summed E-state index contributed by atoms with van der Waals surface area (Å²) in [5.41, 5.74) is 0.658. The van der Waals surface area contributed by atoms with Gasteiger partial charge in [-0.05, 0) is 37.6 Å². The van der Waals surface area contributed by atoms with Crippen molar-refractivity contribution in [2.45, 2.75) is 31.6 Å². The number of rotatable bonds is 5. The molecule has 110 valence electrons. The normalized spacial score (nSPS) is 21.5. The minimum absolute atomic E-state index is 0.374. The average Bonchev–Trinajstić information content (AvgIpc) is 2.82. The third-order valence-corrected chi connectivity index (χ3v) is 4.84. The summed E-state index contributed by atoms with van der Waals surface area (Å²) in [6.45, 7) is 4.56. The lowest BCUT2D eigenvalue weighted by Crippen LogP contribution is -2.26. The minimum Gasteiger partial charge on any atom is -0.494 e. The van der Waals surface area contributed by atoms with Gasteiger partial charge in [0.2, 0.25) is 0 Å². The van der Waals surface area contributed by atoms with E-state index in [0.717, 1.165) is 33.6 Å². The van der Waals surface area contributed by atoms with Crippen LogP contribution in [0.4, 0.5) is 0 Å². The summed E-state index contributed by atoms with van der Waals surface area (Å²) < 4.78 is 5.48. The number of oxime groups is 1. The van der Waals surface area contributed by atoms with Crippen molar-refractivity contribution >= 4 is 40.0 Å². The largest absolute Gasteiger partial charge is 0.494 e. The summed E-state index contributed by atoms with van der Waals surface area (Å²) in [4.78, 5) is 5.36. The molecule has 0 aliphatic carbocycles. The van der Waals surface area contributed by atoms with Gasteiger partial charge in [-0.15, -0.1) is 23.4 Å². The lowest BCUT2D eigenvalue weighted by Gasteiger charge is -2.16. The van der Waals surface area contributed by atoms with E-state index >= 15 is 0 Å². The van der Waals surface area contributed by atoms with E-state index in [1.54, 1.807) is 11.8 Å². The van der Waals surface area contributed by atoms with E-state index in [1.807, 2.05) is 32.0 Å². The smallest absolute Gasteiger partial charge is 0.154 e. The first-order chi connectivity index (χ1) is 9.56. The van der Waals surface area contributed by atoms with Crippen LogP contribution < -0.4 is 4.74 Å². The predicted molar refractivity (Wildman–Crippen MR) is 86.2 cm³/mol. The van der Waals surface area contributed by atoms with E-state index in [9.17, 15) is 0 Å². The van der Waals surface area contributed by atoms with Gasteiger partial charge in [-0.3, -0.25) is 0 Å². The molecule has 0 fully saturated rings. The van der Waals surface area contributed by atoms with Gasteiger partial charge in [0, 0.05) is 17.2 Å². The van der Waals surface area contributed by atoms with E-state index in [1.165, 1.54) is 0 Å². The van der Waals surface area contributed by atoms with Crippen LogP contribution in [0.1, 0.15) is 25.8 Å². The first kappa shape index (κ1) is 15.8. The molecule has 0 aromatic heterocycles. The van der Waals surface area contributed by atoms with E-state index in [2.05, 4.69) is 5.16 Å². The Balaban J connectivity index is 1.96. The molecule has 1 atom stereocenters. The van der Waals surface area contributed by atoms with Crippen LogP contribution in [0.5, 0.6) is 5.75 Å². The molecule has 0 saturated heterocycles. The second kappa shape index (κ2) is 6.92. The van der Waals surface area contributed by atoms with Gasteiger partial charge >= 0.3 is 0 Å². The highest BCUT2D eigenvalue weighted by atomic mass is 35.5. The summed E-state index contributed by atoms with van der Waals surface area (Å²) in [5.74, 6) is 2.00. The molecule has 0 spiro atoms. The summed E-state index contributed by atoms with van der Waals surface area (Å²) in [6.07, 6.45) is 0.740. The molecule has 1 unspecified atom stereocenters. The maximum atomic E-state index is 6.20. The van der Waals surface area contributed by atoms with E-state index < -0.39 is 0 Å². The molecule has 6 heteroatoms. The van der Waals surface area contributed by atoms with Gasteiger partial charge in [-0.2, -0.15) is 0 Å². The molecule has 0 bridgehead atoms. The van der Waals surface area contributed by atoms with Crippen molar-refractivity contribution in [2.24, 2.45) is 5.16 Å². The monoisotopic (exact) mass is 333 g/mol. The van der Waals surface area contributed by atoms with Crippen LogP contribution in [-0.4, -0.2) is 23.1 Å². The van der Waals surface area contributed by atoms with Crippen LogP contribution in [0.3, 0.4) is 0 Å². The zero-order valence-corrected chi connectivity index (χ0v) is 13.8. The van der Waals surface area contributed by atoms with Crippen molar-refractivity contribution in [3.63, 3.8) is 0 Å². The maximum Gasteiger partial charge on any atom is 0.154 e. The standard InChI is InChI=1S/C14H17Cl2NO2S/c1-3-18-11-4-5-12(16)10(6-11)8-20-13-7-14(2,9-15)19-17-13/h4-6H,3,7-9H2,1-2H3. The maximum absolute atomic E-state index is 6.20. The Morgan fingerprint density at radius 3 is 2.95 bits per heavy atom. The number of ether oxygens (including phenoxy) is 1. The van der Waals surface area contributed by atoms with Gasteiger partial charge in [0.15, 0.2) is 5.60 Å². The van der Waals surface area contributed by atoms with Crippen LogP contribution in [0.25, 0.3) is 0 Å². The Morgan fingerprint density at radius 2 is 2.30 bits per heavy atom.